The largest absolute Gasteiger partial charge is 0.358 e. The van der Waals surface area contributed by atoms with Crippen molar-refractivity contribution in [3.63, 3.8) is 0 Å². The topological polar surface area (TPSA) is 60.9 Å². The van der Waals surface area contributed by atoms with Gasteiger partial charge in [-0.05, 0) is 60.7 Å². The van der Waals surface area contributed by atoms with Crippen LogP contribution < -0.4 is 9.80 Å². The fraction of sp³-hybridized carbons (Fsp3) is 0.0526. The fourth-order valence-corrected chi connectivity index (χ4v) is 4.64. The first-order valence-electron chi connectivity index (χ1n) is 8.00. The number of hydrogen-bond acceptors (Lipinski definition) is 4. The Morgan fingerprint density at radius 1 is 0.857 bits per heavy atom. The third-order valence-corrected chi connectivity index (χ3v) is 6.68. The maximum atomic E-state index is 13.3. The number of nitrogens with zero attached hydrogens (tertiary/aromatic N) is 2. The second-order valence-electron chi connectivity index (χ2n) is 5.99. The van der Waals surface area contributed by atoms with E-state index in [1.54, 1.807) is 60.7 Å². The van der Waals surface area contributed by atoms with Gasteiger partial charge < -0.3 is 5.11 Å². The van der Waals surface area contributed by atoms with E-state index in [0.717, 1.165) is 30.1 Å². The van der Waals surface area contributed by atoms with Gasteiger partial charge in [-0.1, -0.05) is 43.5 Å². The van der Waals surface area contributed by atoms with Gasteiger partial charge in [0.2, 0.25) is 0 Å². The van der Waals surface area contributed by atoms with Gasteiger partial charge in [0.1, 0.15) is 0 Å². The molecule has 3 aromatic rings. The lowest BCUT2D eigenvalue weighted by atomic mass is 10.1. The predicted molar refractivity (Wildman–Crippen MR) is 117 cm³/mol. The molecule has 1 aliphatic heterocycles. The van der Waals surface area contributed by atoms with Gasteiger partial charge in [-0.15, -0.1) is 11.3 Å². The summed E-state index contributed by atoms with van der Waals surface area (Å²) in [5.41, 5.74) is -1.46. The third kappa shape index (κ3) is 3.09. The average Bonchev–Trinajstić information content (AvgIpc) is 3.19. The molecule has 2 aromatic carbocycles. The van der Waals surface area contributed by atoms with Crippen LogP contribution in [0.1, 0.15) is 4.88 Å². The van der Waals surface area contributed by atoms with Crippen LogP contribution in [0.2, 0.25) is 4.34 Å². The minimum atomic E-state index is -2.20. The number of rotatable bonds is 3. The number of carbonyl (C=O) groups is 2. The Morgan fingerprint density at radius 2 is 1.39 bits per heavy atom. The number of benzene rings is 2. The third-order valence-electron chi connectivity index (χ3n) is 4.29. The van der Waals surface area contributed by atoms with Crippen LogP contribution in [0.3, 0.4) is 0 Å². The number of urea groups is 1. The molecule has 5 nitrogen and oxygen atoms in total. The van der Waals surface area contributed by atoms with E-state index >= 15 is 0 Å². The molecule has 1 atom stereocenters. The van der Waals surface area contributed by atoms with Crippen molar-refractivity contribution >= 4 is 78.1 Å². The van der Waals surface area contributed by atoms with E-state index < -0.39 is 17.7 Å². The van der Waals surface area contributed by atoms with E-state index in [-0.39, 0.29) is 4.88 Å². The van der Waals surface area contributed by atoms with Crippen LogP contribution in [0.15, 0.2) is 69.6 Å². The standard InChI is InChI=1S/C19H11Br2ClN2O3S/c20-11-1-5-13(6-2-11)23-17(25)19(27,15-9-10-16(22)28-15)24(18(23)26)14-7-3-12(21)4-8-14/h1-10,27H. The van der Waals surface area contributed by atoms with Crippen LogP contribution in [-0.4, -0.2) is 17.0 Å². The smallest absolute Gasteiger partial charge is 0.339 e. The molecular weight excluding hydrogens is 532 g/mol. The zero-order valence-electron chi connectivity index (χ0n) is 14.0. The van der Waals surface area contributed by atoms with Crippen LogP contribution >= 0.6 is 54.8 Å². The second kappa shape index (κ2) is 7.27. The van der Waals surface area contributed by atoms with Crippen molar-refractivity contribution in [3.05, 3.63) is 78.8 Å². The Kier molecular flexibility index (Phi) is 5.09. The first-order valence-corrected chi connectivity index (χ1v) is 10.8. The van der Waals surface area contributed by atoms with Crippen molar-refractivity contribution in [1.82, 2.24) is 0 Å². The number of carbonyl (C=O) groups excluding carboxylic acids is 2. The highest BCUT2D eigenvalue weighted by molar-refractivity contribution is 9.10. The van der Waals surface area contributed by atoms with Crippen molar-refractivity contribution in [2.75, 3.05) is 9.80 Å². The highest BCUT2D eigenvalue weighted by Gasteiger charge is 2.59. The van der Waals surface area contributed by atoms with E-state index in [2.05, 4.69) is 31.9 Å². The van der Waals surface area contributed by atoms with Crippen LogP contribution in [-0.2, 0) is 10.5 Å². The molecule has 1 saturated heterocycles. The van der Waals surface area contributed by atoms with Gasteiger partial charge in [-0.25, -0.2) is 9.69 Å². The van der Waals surface area contributed by atoms with Crippen molar-refractivity contribution in [2.45, 2.75) is 5.72 Å². The molecule has 0 saturated carbocycles. The molecule has 28 heavy (non-hydrogen) atoms. The van der Waals surface area contributed by atoms with Crippen molar-refractivity contribution in [1.29, 1.82) is 0 Å². The van der Waals surface area contributed by atoms with E-state index in [4.69, 9.17) is 11.6 Å². The SMILES string of the molecule is O=C1N(c2ccc(Br)cc2)C(=O)C(O)(c2ccc(Cl)s2)N1c1ccc(Br)cc1. The molecule has 1 aromatic heterocycles. The molecule has 1 fully saturated rings. The number of halogens is 3. The molecule has 142 valence electrons. The summed E-state index contributed by atoms with van der Waals surface area (Å²) in [5, 5.41) is 11.5. The molecule has 2 heterocycles. The molecular formula is C19H11Br2ClN2O3S. The number of imide groups is 1. The molecule has 1 aliphatic rings. The first-order chi connectivity index (χ1) is 13.3. The highest BCUT2D eigenvalue weighted by Crippen LogP contribution is 2.44. The maximum Gasteiger partial charge on any atom is 0.339 e. The zero-order valence-corrected chi connectivity index (χ0v) is 18.7. The van der Waals surface area contributed by atoms with Gasteiger partial charge in [0, 0.05) is 14.6 Å². The van der Waals surface area contributed by atoms with Crippen molar-refractivity contribution in [3.8, 4) is 0 Å². The van der Waals surface area contributed by atoms with E-state index in [1.807, 2.05) is 0 Å². The molecule has 0 bridgehead atoms. The quantitative estimate of drug-likeness (QED) is 0.429. The molecule has 4 rings (SSSR count). The fourth-order valence-electron chi connectivity index (χ4n) is 3.00. The van der Waals surface area contributed by atoms with E-state index in [1.165, 1.54) is 0 Å². The number of hydrogen-bond donors (Lipinski definition) is 1. The molecule has 1 N–H and O–H groups in total. The summed E-state index contributed by atoms with van der Waals surface area (Å²) in [6.45, 7) is 0. The van der Waals surface area contributed by atoms with E-state index in [9.17, 15) is 14.7 Å². The number of thiophene rings is 1. The van der Waals surface area contributed by atoms with Gasteiger partial charge in [0.05, 0.1) is 14.9 Å². The van der Waals surface area contributed by atoms with Gasteiger partial charge in [-0.2, -0.15) is 0 Å². The number of anilines is 2. The molecule has 3 amide bonds. The summed E-state index contributed by atoms with van der Waals surface area (Å²) in [5.74, 6) is -0.763. The first kappa shape index (κ1) is 19.6. The predicted octanol–water partition coefficient (Wildman–Crippen LogP) is 5.75. The Hall–Kier alpha value is -1.71. The lowest BCUT2D eigenvalue weighted by Crippen LogP contribution is -2.46. The van der Waals surface area contributed by atoms with Crippen molar-refractivity contribution in [2.24, 2.45) is 0 Å². The molecule has 0 spiro atoms. The van der Waals surface area contributed by atoms with Gasteiger partial charge in [-0.3, -0.25) is 9.69 Å². The maximum absolute atomic E-state index is 13.3. The van der Waals surface area contributed by atoms with Crippen LogP contribution in [0.5, 0.6) is 0 Å². The number of aliphatic hydroxyl groups is 1. The lowest BCUT2D eigenvalue weighted by Gasteiger charge is -2.29. The highest BCUT2D eigenvalue weighted by atomic mass is 79.9. The summed E-state index contributed by atoms with van der Waals surface area (Å²) in [7, 11) is 0. The van der Waals surface area contributed by atoms with Crippen LogP contribution in [0, 0.1) is 0 Å². The minimum absolute atomic E-state index is 0.262. The molecule has 0 aliphatic carbocycles. The van der Waals surface area contributed by atoms with Gasteiger partial charge in [0.15, 0.2) is 0 Å². The Balaban J connectivity index is 1.90. The second-order valence-corrected chi connectivity index (χ2v) is 9.53. The number of amides is 3. The van der Waals surface area contributed by atoms with Gasteiger partial charge in [0.25, 0.3) is 11.6 Å². The summed E-state index contributed by atoms with van der Waals surface area (Å²) < 4.78 is 2.02. The van der Waals surface area contributed by atoms with E-state index in [0.29, 0.717) is 15.7 Å². The normalized spacial score (nSPS) is 19.6. The molecule has 1 unspecified atom stereocenters. The molecule has 9 heteroatoms. The molecule has 0 radical (unpaired) electrons. The Morgan fingerprint density at radius 3 is 1.89 bits per heavy atom. The summed E-state index contributed by atoms with van der Waals surface area (Å²) in [6, 6.07) is 16.0. The Labute approximate surface area is 186 Å². The summed E-state index contributed by atoms with van der Waals surface area (Å²) >= 11 is 13.8. The monoisotopic (exact) mass is 540 g/mol. The zero-order chi connectivity index (χ0) is 20.1. The Bertz CT molecular complexity index is 1070. The van der Waals surface area contributed by atoms with Gasteiger partial charge >= 0.3 is 6.03 Å². The minimum Gasteiger partial charge on any atom is -0.358 e. The summed E-state index contributed by atoms with van der Waals surface area (Å²) in [6.07, 6.45) is 0. The summed E-state index contributed by atoms with van der Waals surface area (Å²) in [4.78, 5) is 29.0. The lowest BCUT2D eigenvalue weighted by molar-refractivity contribution is -0.133. The van der Waals surface area contributed by atoms with Crippen LogP contribution in [0.4, 0.5) is 16.2 Å². The van der Waals surface area contributed by atoms with Crippen molar-refractivity contribution < 1.29 is 14.7 Å². The average molecular weight is 543 g/mol. The van der Waals surface area contributed by atoms with Crippen LogP contribution in [0.25, 0.3) is 0 Å².